The summed E-state index contributed by atoms with van der Waals surface area (Å²) < 4.78 is 0.372. The number of nitrogens with zero attached hydrogens (tertiary/aromatic N) is 3. The monoisotopic (exact) mass is 346 g/mol. The fourth-order valence-corrected chi connectivity index (χ4v) is 3.73. The van der Waals surface area contributed by atoms with Crippen molar-refractivity contribution in [2.75, 3.05) is 23.8 Å². The van der Waals surface area contributed by atoms with Crippen LogP contribution in [0.3, 0.4) is 0 Å². The molecule has 1 aromatic rings. The topological polar surface area (TPSA) is 75.3 Å². The lowest BCUT2D eigenvalue weighted by atomic mass is 9.80. The Morgan fingerprint density at radius 2 is 2.24 bits per heavy atom. The molecule has 5 nitrogen and oxygen atoms in total. The molecule has 0 bridgehead atoms. The molecule has 2 aliphatic rings. The van der Waals surface area contributed by atoms with Gasteiger partial charge in [0.2, 0.25) is 0 Å². The van der Waals surface area contributed by atoms with Gasteiger partial charge in [-0.1, -0.05) is 22.6 Å². The van der Waals surface area contributed by atoms with Crippen LogP contribution in [0.2, 0.25) is 0 Å². The Bertz CT molecular complexity index is 435. The van der Waals surface area contributed by atoms with Crippen LogP contribution in [-0.2, 0) is 0 Å². The number of aliphatic hydroxyl groups excluding tert-OH is 1. The Morgan fingerprint density at radius 1 is 1.47 bits per heavy atom. The first-order valence-electron chi connectivity index (χ1n) is 5.82. The highest BCUT2D eigenvalue weighted by Crippen LogP contribution is 2.45. The second-order valence-electron chi connectivity index (χ2n) is 4.79. The smallest absolute Gasteiger partial charge is 0.138 e. The largest absolute Gasteiger partial charge is 0.396 e. The lowest BCUT2D eigenvalue weighted by molar-refractivity contribution is 0.140. The molecule has 3 N–H and O–H groups in total. The Hall–Kier alpha value is -0.630. The van der Waals surface area contributed by atoms with Gasteiger partial charge in [0.25, 0.3) is 0 Å². The fourth-order valence-electron chi connectivity index (χ4n) is 2.71. The number of halogens is 1. The highest BCUT2D eigenvalue weighted by Gasteiger charge is 2.40. The Morgan fingerprint density at radius 3 is 2.94 bits per heavy atom. The number of nitrogens with two attached hydrogens (primary N) is 1. The van der Waals surface area contributed by atoms with Gasteiger partial charge in [-0.25, -0.2) is 9.97 Å². The van der Waals surface area contributed by atoms with Crippen LogP contribution in [0.4, 0.5) is 11.6 Å². The second kappa shape index (κ2) is 4.24. The number of aliphatic hydroxyl groups is 1. The summed E-state index contributed by atoms with van der Waals surface area (Å²) in [6.07, 6.45) is 3.66. The summed E-state index contributed by atoms with van der Waals surface area (Å²) in [4.78, 5) is 10.8. The average Bonchev–Trinajstić information content (AvgIpc) is 2.56. The first-order valence-corrected chi connectivity index (χ1v) is 7.07. The number of alkyl halides is 1. The molecule has 0 spiro atoms. The molecule has 17 heavy (non-hydrogen) atoms. The van der Waals surface area contributed by atoms with E-state index in [1.807, 2.05) is 0 Å². The van der Waals surface area contributed by atoms with E-state index >= 15 is 0 Å². The van der Waals surface area contributed by atoms with Gasteiger partial charge in [-0.05, 0) is 18.8 Å². The lowest BCUT2D eigenvalue weighted by Gasteiger charge is -2.41. The van der Waals surface area contributed by atoms with Gasteiger partial charge < -0.3 is 15.7 Å². The van der Waals surface area contributed by atoms with Gasteiger partial charge in [-0.15, -0.1) is 0 Å². The van der Waals surface area contributed by atoms with Crippen LogP contribution < -0.4 is 10.6 Å². The quantitative estimate of drug-likeness (QED) is 0.620. The molecule has 92 valence electrons. The standard InChI is InChI=1S/C11H15IN4O/c12-8-3-16(7-1-6(2-7)4-17)11-9(8)10(13)14-5-15-11/h5-8,17H,1-4H2,(H2,13,14,15)/t6-,7+,8?. The second-order valence-corrected chi connectivity index (χ2v) is 6.29. The van der Waals surface area contributed by atoms with Crippen molar-refractivity contribution in [2.45, 2.75) is 22.8 Å². The molecule has 1 aromatic heterocycles. The number of nitrogen functional groups attached to an aromatic ring is 1. The molecule has 1 atom stereocenters. The molecule has 0 aromatic carbocycles. The van der Waals surface area contributed by atoms with Crippen LogP contribution in [0.5, 0.6) is 0 Å². The number of fused-ring (bicyclic) bond motifs is 1. The van der Waals surface area contributed by atoms with E-state index in [2.05, 4.69) is 37.5 Å². The minimum Gasteiger partial charge on any atom is -0.396 e. The van der Waals surface area contributed by atoms with Crippen molar-refractivity contribution in [1.29, 1.82) is 0 Å². The van der Waals surface area contributed by atoms with Crippen molar-refractivity contribution in [3.8, 4) is 0 Å². The van der Waals surface area contributed by atoms with Gasteiger partial charge in [0.15, 0.2) is 0 Å². The minimum atomic E-state index is 0.302. The van der Waals surface area contributed by atoms with Crippen LogP contribution >= 0.6 is 22.6 Å². The molecule has 0 radical (unpaired) electrons. The molecule has 1 aliphatic carbocycles. The van der Waals surface area contributed by atoms with E-state index < -0.39 is 0 Å². The van der Waals surface area contributed by atoms with Crippen molar-refractivity contribution in [1.82, 2.24) is 9.97 Å². The van der Waals surface area contributed by atoms with Gasteiger partial charge >= 0.3 is 0 Å². The number of rotatable bonds is 2. The van der Waals surface area contributed by atoms with Crippen LogP contribution in [0.15, 0.2) is 6.33 Å². The molecular weight excluding hydrogens is 331 g/mol. The van der Waals surface area contributed by atoms with Crippen molar-refractivity contribution in [2.24, 2.45) is 5.92 Å². The maximum atomic E-state index is 9.07. The van der Waals surface area contributed by atoms with E-state index in [9.17, 15) is 0 Å². The Kier molecular flexibility index (Phi) is 2.86. The van der Waals surface area contributed by atoms with E-state index in [-0.39, 0.29) is 0 Å². The van der Waals surface area contributed by atoms with Crippen LogP contribution in [0.1, 0.15) is 22.3 Å². The zero-order chi connectivity index (χ0) is 12.0. The number of aromatic nitrogens is 2. The number of hydrogen-bond acceptors (Lipinski definition) is 5. The van der Waals surface area contributed by atoms with E-state index in [4.69, 9.17) is 10.8 Å². The maximum absolute atomic E-state index is 9.07. The number of hydrogen-bond donors (Lipinski definition) is 2. The zero-order valence-electron chi connectivity index (χ0n) is 9.38. The SMILES string of the molecule is Nc1ncnc2c1C(I)CN2[C@H]1C[C@@H](CO)C1. The molecule has 3 rings (SSSR count). The van der Waals surface area contributed by atoms with Gasteiger partial charge in [0.1, 0.15) is 18.0 Å². The molecule has 1 saturated carbocycles. The molecule has 2 heterocycles. The summed E-state index contributed by atoms with van der Waals surface area (Å²) >= 11 is 2.40. The predicted octanol–water partition coefficient (Wildman–Crippen LogP) is 1.13. The third-order valence-corrected chi connectivity index (χ3v) is 4.76. The molecule has 0 amide bonds. The molecular formula is C11H15IN4O. The maximum Gasteiger partial charge on any atom is 0.138 e. The van der Waals surface area contributed by atoms with Crippen LogP contribution in [0.25, 0.3) is 0 Å². The molecule has 1 fully saturated rings. The van der Waals surface area contributed by atoms with Crippen LogP contribution in [0, 0.1) is 5.92 Å². The molecule has 0 saturated heterocycles. The van der Waals surface area contributed by atoms with Crippen LogP contribution in [-0.4, -0.2) is 34.3 Å². The van der Waals surface area contributed by atoms with Gasteiger partial charge in [0, 0.05) is 19.2 Å². The van der Waals surface area contributed by atoms with Gasteiger partial charge in [-0.3, -0.25) is 0 Å². The predicted molar refractivity (Wildman–Crippen MR) is 74.1 cm³/mol. The summed E-state index contributed by atoms with van der Waals surface area (Å²) in [5.41, 5.74) is 7.00. The summed E-state index contributed by atoms with van der Waals surface area (Å²) in [6, 6.07) is 0.514. The molecule has 6 heteroatoms. The van der Waals surface area contributed by atoms with Gasteiger partial charge in [-0.2, -0.15) is 0 Å². The van der Waals surface area contributed by atoms with Crippen molar-refractivity contribution >= 4 is 34.2 Å². The Balaban J connectivity index is 1.85. The molecule has 1 aliphatic heterocycles. The normalized spacial score (nSPS) is 31.2. The van der Waals surface area contributed by atoms with E-state index in [1.165, 1.54) is 6.33 Å². The fraction of sp³-hybridized carbons (Fsp3) is 0.636. The van der Waals surface area contributed by atoms with E-state index in [0.29, 0.717) is 28.3 Å². The van der Waals surface area contributed by atoms with Crippen molar-refractivity contribution < 1.29 is 5.11 Å². The third-order valence-electron chi connectivity index (χ3n) is 3.75. The minimum absolute atomic E-state index is 0.302. The summed E-state index contributed by atoms with van der Waals surface area (Å²) in [6.45, 7) is 1.26. The van der Waals surface area contributed by atoms with Crippen molar-refractivity contribution in [3.63, 3.8) is 0 Å². The lowest BCUT2D eigenvalue weighted by Crippen LogP contribution is -2.45. The highest BCUT2D eigenvalue weighted by atomic mass is 127. The zero-order valence-corrected chi connectivity index (χ0v) is 11.5. The third kappa shape index (κ3) is 1.77. The number of anilines is 2. The average molecular weight is 346 g/mol. The van der Waals surface area contributed by atoms with Crippen molar-refractivity contribution in [3.05, 3.63) is 11.9 Å². The highest BCUT2D eigenvalue weighted by molar-refractivity contribution is 14.1. The first kappa shape index (κ1) is 11.5. The summed E-state index contributed by atoms with van der Waals surface area (Å²) in [7, 11) is 0. The van der Waals surface area contributed by atoms with E-state index in [0.717, 1.165) is 30.8 Å². The summed E-state index contributed by atoms with van der Waals surface area (Å²) in [5, 5.41) is 9.07. The first-order chi connectivity index (χ1) is 8.20. The van der Waals surface area contributed by atoms with E-state index in [1.54, 1.807) is 0 Å². The summed E-state index contributed by atoms with van der Waals surface area (Å²) in [5.74, 6) is 2.07. The Labute approximate surface area is 114 Å². The van der Waals surface area contributed by atoms with Gasteiger partial charge in [0.05, 0.1) is 9.49 Å². The molecule has 1 unspecified atom stereocenters.